The first-order valence-corrected chi connectivity index (χ1v) is 9.10. The third-order valence-electron chi connectivity index (χ3n) is 4.16. The van der Waals surface area contributed by atoms with E-state index in [2.05, 4.69) is 10.4 Å². The van der Waals surface area contributed by atoms with Crippen LogP contribution in [0.3, 0.4) is 0 Å². The van der Waals surface area contributed by atoms with Crippen LogP contribution in [0.5, 0.6) is 5.75 Å². The number of carbonyl (C=O) groups is 1. The molecule has 0 spiro atoms. The lowest BCUT2D eigenvalue weighted by Crippen LogP contribution is -2.15. The molecule has 0 radical (unpaired) electrons. The van der Waals surface area contributed by atoms with E-state index in [4.69, 9.17) is 27.9 Å². The fourth-order valence-corrected chi connectivity index (χ4v) is 2.90. The number of benzene rings is 2. The number of hydrogen-bond acceptors (Lipinski definition) is 3. The Bertz CT molecular complexity index is 976. The lowest BCUT2D eigenvalue weighted by molar-refractivity contribution is 0.102. The van der Waals surface area contributed by atoms with Crippen molar-refractivity contribution in [2.75, 3.05) is 5.32 Å². The molecule has 7 heteroatoms. The lowest BCUT2D eigenvalue weighted by Gasteiger charge is -2.10. The third kappa shape index (κ3) is 4.43. The van der Waals surface area contributed by atoms with Crippen molar-refractivity contribution in [3.63, 3.8) is 0 Å². The van der Waals surface area contributed by atoms with Gasteiger partial charge in [0, 0.05) is 21.9 Å². The monoisotopic (exact) mass is 403 g/mol. The van der Waals surface area contributed by atoms with E-state index in [-0.39, 0.29) is 12.6 Å². The van der Waals surface area contributed by atoms with Crippen LogP contribution in [0, 0.1) is 20.8 Å². The van der Waals surface area contributed by atoms with Crippen LogP contribution in [0.2, 0.25) is 10.0 Å². The van der Waals surface area contributed by atoms with Gasteiger partial charge in [-0.25, -0.2) is 4.68 Å². The van der Waals surface area contributed by atoms with Crippen molar-refractivity contribution in [3.8, 4) is 5.75 Å². The lowest BCUT2D eigenvalue weighted by atomic mass is 10.1. The average molecular weight is 404 g/mol. The number of carbonyl (C=O) groups excluding carboxylic acids is 1. The van der Waals surface area contributed by atoms with E-state index in [1.165, 1.54) is 0 Å². The van der Waals surface area contributed by atoms with E-state index in [0.29, 0.717) is 22.2 Å². The molecule has 0 atom stereocenters. The molecule has 3 aromatic rings. The van der Waals surface area contributed by atoms with Crippen molar-refractivity contribution in [3.05, 3.63) is 75.0 Å². The minimum atomic E-state index is -0.308. The first-order chi connectivity index (χ1) is 12.8. The van der Waals surface area contributed by atoms with Crippen LogP contribution in [-0.4, -0.2) is 15.7 Å². The van der Waals surface area contributed by atoms with Gasteiger partial charge in [0.15, 0.2) is 12.4 Å². The Hall–Kier alpha value is -2.50. The maximum absolute atomic E-state index is 12.4. The fraction of sp³-hybridized carbons (Fsp3) is 0.200. The first-order valence-electron chi connectivity index (χ1n) is 8.34. The SMILES string of the molecule is Cc1cc(OCn2ccc(C(=O)Nc3cccc(Cl)c3C)n2)cc(C)c1Cl. The molecule has 0 aliphatic rings. The highest BCUT2D eigenvalue weighted by molar-refractivity contribution is 6.32. The Morgan fingerprint density at radius 1 is 1.15 bits per heavy atom. The number of hydrogen-bond donors (Lipinski definition) is 1. The third-order valence-corrected chi connectivity index (χ3v) is 5.17. The van der Waals surface area contributed by atoms with E-state index in [9.17, 15) is 4.79 Å². The number of aromatic nitrogens is 2. The molecule has 1 amide bonds. The summed E-state index contributed by atoms with van der Waals surface area (Å²) in [4.78, 5) is 12.4. The molecule has 0 aliphatic heterocycles. The second-order valence-electron chi connectivity index (χ2n) is 6.25. The van der Waals surface area contributed by atoms with E-state index >= 15 is 0 Å². The molecule has 1 aromatic heterocycles. The number of amides is 1. The minimum Gasteiger partial charge on any atom is -0.471 e. The van der Waals surface area contributed by atoms with E-state index in [1.807, 2.05) is 32.9 Å². The number of aryl methyl sites for hydroxylation is 2. The van der Waals surface area contributed by atoms with Crippen LogP contribution in [-0.2, 0) is 6.73 Å². The van der Waals surface area contributed by atoms with Crippen molar-refractivity contribution < 1.29 is 9.53 Å². The molecular weight excluding hydrogens is 385 g/mol. The standard InChI is InChI=1S/C20H19Cl2N3O2/c1-12-9-15(10-13(2)19(12)22)27-11-25-8-7-18(24-25)20(26)23-17-6-4-5-16(21)14(17)3/h4-10H,11H2,1-3H3,(H,23,26). The quantitative estimate of drug-likeness (QED) is 0.619. The predicted octanol–water partition coefficient (Wildman–Crippen LogP) is 5.40. The van der Waals surface area contributed by atoms with Crippen LogP contribution in [0.25, 0.3) is 0 Å². The van der Waals surface area contributed by atoms with Gasteiger partial charge in [-0.3, -0.25) is 4.79 Å². The molecule has 1 N–H and O–H groups in total. The molecule has 1 heterocycles. The molecule has 140 valence electrons. The summed E-state index contributed by atoms with van der Waals surface area (Å²) in [5.41, 5.74) is 3.66. The fourth-order valence-electron chi connectivity index (χ4n) is 2.61. The predicted molar refractivity (Wildman–Crippen MR) is 108 cm³/mol. The molecule has 2 aromatic carbocycles. The van der Waals surface area contributed by atoms with Crippen molar-refractivity contribution in [1.82, 2.24) is 9.78 Å². The van der Waals surface area contributed by atoms with E-state index in [0.717, 1.165) is 21.7 Å². The van der Waals surface area contributed by atoms with Gasteiger partial charge in [0.25, 0.3) is 5.91 Å². The largest absolute Gasteiger partial charge is 0.471 e. The number of ether oxygens (including phenoxy) is 1. The zero-order valence-corrected chi connectivity index (χ0v) is 16.7. The normalized spacial score (nSPS) is 10.7. The molecule has 3 rings (SSSR count). The molecule has 0 fully saturated rings. The highest BCUT2D eigenvalue weighted by Crippen LogP contribution is 2.26. The van der Waals surface area contributed by atoms with Crippen LogP contribution in [0.1, 0.15) is 27.2 Å². The Balaban J connectivity index is 1.66. The summed E-state index contributed by atoms with van der Waals surface area (Å²) in [6.45, 7) is 5.89. The molecule has 27 heavy (non-hydrogen) atoms. The Morgan fingerprint density at radius 2 is 1.85 bits per heavy atom. The summed E-state index contributed by atoms with van der Waals surface area (Å²) in [5.74, 6) is 0.391. The van der Waals surface area contributed by atoms with Crippen LogP contribution in [0.15, 0.2) is 42.6 Å². The van der Waals surface area contributed by atoms with Gasteiger partial charge in [0.2, 0.25) is 0 Å². The van der Waals surface area contributed by atoms with Gasteiger partial charge in [-0.05, 0) is 67.8 Å². The molecular formula is C20H19Cl2N3O2. The molecule has 0 saturated heterocycles. The molecule has 5 nitrogen and oxygen atoms in total. The number of anilines is 1. The first kappa shape index (κ1) is 19.3. The molecule has 0 unspecified atom stereocenters. The van der Waals surface area contributed by atoms with Gasteiger partial charge in [-0.15, -0.1) is 0 Å². The molecule has 0 saturated carbocycles. The smallest absolute Gasteiger partial charge is 0.276 e. The van der Waals surface area contributed by atoms with Gasteiger partial charge < -0.3 is 10.1 Å². The summed E-state index contributed by atoms with van der Waals surface area (Å²) < 4.78 is 7.30. The summed E-state index contributed by atoms with van der Waals surface area (Å²) in [5, 5.41) is 8.41. The van der Waals surface area contributed by atoms with Gasteiger partial charge in [0.05, 0.1) is 0 Å². The number of rotatable bonds is 5. The summed E-state index contributed by atoms with van der Waals surface area (Å²) in [6.07, 6.45) is 1.69. The second-order valence-corrected chi connectivity index (χ2v) is 7.04. The van der Waals surface area contributed by atoms with E-state index < -0.39 is 0 Å². The van der Waals surface area contributed by atoms with Gasteiger partial charge in [0.1, 0.15) is 5.75 Å². The van der Waals surface area contributed by atoms with Crippen LogP contribution < -0.4 is 10.1 Å². The number of halogens is 2. The zero-order valence-electron chi connectivity index (χ0n) is 15.2. The van der Waals surface area contributed by atoms with Crippen molar-refractivity contribution >= 4 is 34.8 Å². The maximum Gasteiger partial charge on any atom is 0.276 e. The highest BCUT2D eigenvalue weighted by atomic mass is 35.5. The highest BCUT2D eigenvalue weighted by Gasteiger charge is 2.12. The average Bonchev–Trinajstić information content (AvgIpc) is 3.11. The van der Waals surface area contributed by atoms with Crippen LogP contribution >= 0.6 is 23.2 Å². The Labute approximate surface area is 167 Å². The van der Waals surface area contributed by atoms with Crippen molar-refractivity contribution in [2.45, 2.75) is 27.5 Å². The van der Waals surface area contributed by atoms with Gasteiger partial charge in [-0.2, -0.15) is 5.10 Å². The van der Waals surface area contributed by atoms with E-state index in [1.54, 1.807) is 35.1 Å². The minimum absolute atomic E-state index is 0.185. The van der Waals surface area contributed by atoms with Crippen molar-refractivity contribution in [1.29, 1.82) is 0 Å². The number of nitrogens with one attached hydrogen (secondary N) is 1. The summed E-state index contributed by atoms with van der Waals surface area (Å²) in [7, 11) is 0. The zero-order chi connectivity index (χ0) is 19.6. The summed E-state index contributed by atoms with van der Waals surface area (Å²) >= 11 is 12.2. The van der Waals surface area contributed by atoms with Gasteiger partial charge >= 0.3 is 0 Å². The number of nitrogens with zero attached hydrogens (tertiary/aromatic N) is 2. The Morgan fingerprint density at radius 3 is 2.56 bits per heavy atom. The Kier molecular flexibility index (Phi) is 5.73. The summed E-state index contributed by atoms with van der Waals surface area (Å²) in [6, 6.07) is 10.7. The van der Waals surface area contributed by atoms with Gasteiger partial charge in [-0.1, -0.05) is 29.3 Å². The maximum atomic E-state index is 12.4. The molecule has 0 aliphatic carbocycles. The van der Waals surface area contributed by atoms with Crippen molar-refractivity contribution in [2.24, 2.45) is 0 Å². The molecule has 0 bridgehead atoms. The topological polar surface area (TPSA) is 56.1 Å². The van der Waals surface area contributed by atoms with Crippen LogP contribution in [0.4, 0.5) is 5.69 Å². The second kappa shape index (κ2) is 8.03.